The number of esters is 1. The minimum Gasteiger partial charge on any atom is -0.508 e. The van der Waals surface area contributed by atoms with Crippen molar-refractivity contribution >= 4 is 11.9 Å². The number of carbonyl (C=O) groups is 2. The molecular weight excluding hydrogens is 622 g/mol. The summed E-state index contributed by atoms with van der Waals surface area (Å²) in [7, 11) is 3.87. The van der Waals surface area contributed by atoms with Gasteiger partial charge in [-0.25, -0.2) is 4.79 Å². The summed E-state index contributed by atoms with van der Waals surface area (Å²) in [5.74, 6) is 1.14. The molecule has 1 spiro atoms. The third kappa shape index (κ3) is 6.10. The molecule has 2 heterocycles. The van der Waals surface area contributed by atoms with Crippen molar-refractivity contribution in [2.45, 2.75) is 94.2 Å². The van der Waals surface area contributed by atoms with Crippen LogP contribution >= 0.6 is 0 Å². The minimum absolute atomic E-state index is 0.0597. The highest BCUT2D eigenvalue weighted by molar-refractivity contribution is 5.85. The Balaban J connectivity index is 1.08. The second kappa shape index (κ2) is 12.9. The summed E-state index contributed by atoms with van der Waals surface area (Å²) in [5, 5.41) is 27.6. The van der Waals surface area contributed by atoms with Crippen molar-refractivity contribution in [1.29, 1.82) is 0 Å². The lowest BCUT2D eigenvalue weighted by atomic mass is 9.51. The largest absolute Gasteiger partial charge is 0.508 e. The van der Waals surface area contributed by atoms with E-state index in [1.807, 2.05) is 44.2 Å². The molecule has 6 atom stereocenters. The van der Waals surface area contributed by atoms with Crippen LogP contribution in [-0.4, -0.2) is 77.5 Å². The molecule has 0 unspecified atom stereocenters. The highest BCUT2D eigenvalue weighted by Crippen LogP contribution is 2.65. The summed E-state index contributed by atoms with van der Waals surface area (Å²) < 4.78 is 18.2. The number of nitrogens with one attached hydrogen (secondary N) is 2. The predicted octanol–water partition coefficient (Wildman–Crippen LogP) is 4.37. The molecule has 0 aromatic heterocycles. The maximum atomic E-state index is 13.7. The van der Waals surface area contributed by atoms with Gasteiger partial charge in [-0.15, -0.1) is 0 Å². The van der Waals surface area contributed by atoms with E-state index in [0.717, 1.165) is 60.2 Å². The Hall–Kier alpha value is -4.28. The van der Waals surface area contributed by atoms with E-state index in [4.69, 9.17) is 14.2 Å². The van der Waals surface area contributed by atoms with Gasteiger partial charge in [0.25, 0.3) is 0 Å². The van der Waals surface area contributed by atoms with Gasteiger partial charge in [0.05, 0.1) is 7.11 Å². The number of aromatic hydroxyl groups is 2. The van der Waals surface area contributed by atoms with E-state index in [-0.39, 0.29) is 54.4 Å². The topological polar surface area (TPSA) is 130 Å². The van der Waals surface area contributed by atoms with Crippen molar-refractivity contribution in [2.75, 3.05) is 20.7 Å². The van der Waals surface area contributed by atoms with Gasteiger partial charge in [0.1, 0.15) is 30.3 Å². The first kappa shape index (κ1) is 33.2. The average Bonchev–Trinajstić information content (AvgIpc) is 3.43. The number of ether oxygens (including phenoxy) is 3. The molecule has 10 heteroatoms. The van der Waals surface area contributed by atoms with Crippen molar-refractivity contribution < 1.29 is 34.0 Å². The van der Waals surface area contributed by atoms with Gasteiger partial charge in [-0.3, -0.25) is 4.79 Å². The summed E-state index contributed by atoms with van der Waals surface area (Å²) in [6.07, 6.45) is 3.81. The van der Waals surface area contributed by atoms with Crippen LogP contribution in [-0.2, 0) is 39.2 Å². The average molecular weight is 670 g/mol. The van der Waals surface area contributed by atoms with Crippen LogP contribution in [0.1, 0.15) is 61.8 Å². The molecular formula is C39H47N3O7. The molecule has 1 saturated heterocycles. The molecule has 3 aromatic rings. The predicted molar refractivity (Wildman–Crippen MR) is 184 cm³/mol. The van der Waals surface area contributed by atoms with Crippen LogP contribution in [0.2, 0.25) is 0 Å². The Morgan fingerprint density at radius 2 is 1.84 bits per heavy atom. The first-order valence-electron chi connectivity index (χ1n) is 17.3. The Morgan fingerprint density at radius 1 is 1.08 bits per heavy atom. The van der Waals surface area contributed by atoms with Gasteiger partial charge in [-0.2, -0.15) is 0 Å². The number of carbonyl (C=O) groups excluding carboxylic acids is 2. The van der Waals surface area contributed by atoms with Gasteiger partial charge in [0.15, 0.2) is 11.5 Å². The number of hydrogen-bond donors (Lipinski definition) is 4. The van der Waals surface area contributed by atoms with E-state index in [1.165, 1.54) is 0 Å². The van der Waals surface area contributed by atoms with E-state index in [0.29, 0.717) is 17.7 Å². The van der Waals surface area contributed by atoms with Crippen molar-refractivity contribution in [1.82, 2.24) is 15.5 Å². The Labute approximate surface area is 287 Å². The number of rotatable bonds is 11. The summed E-state index contributed by atoms with van der Waals surface area (Å²) in [6, 6.07) is 17.1. The molecule has 3 aromatic carbocycles. The van der Waals surface area contributed by atoms with Gasteiger partial charge in [0, 0.05) is 53.1 Å². The lowest BCUT2D eigenvalue weighted by molar-refractivity contribution is -0.149. The Bertz CT molecular complexity index is 1710. The highest BCUT2D eigenvalue weighted by atomic mass is 16.5. The second-order valence-electron chi connectivity index (χ2n) is 14.9. The molecule has 2 aliphatic heterocycles. The quantitative estimate of drug-likeness (QED) is 0.220. The Morgan fingerprint density at radius 3 is 2.57 bits per heavy atom. The number of phenolic OH excluding ortho intramolecular Hbond substituents is 2. The molecule has 1 amide bonds. The second-order valence-corrected chi connectivity index (χ2v) is 14.9. The van der Waals surface area contributed by atoms with Gasteiger partial charge in [-0.1, -0.05) is 42.5 Å². The summed E-state index contributed by atoms with van der Waals surface area (Å²) in [6.45, 7) is 5.05. The van der Waals surface area contributed by atoms with E-state index in [1.54, 1.807) is 37.4 Å². The first-order valence-corrected chi connectivity index (χ1v) is 17.3. The van der Waals surface area contributed by atoms with Gasteiger partial charge < -0.3 is 40.0 Å². The normalized spacial score (nSPS) is 25.9. The maximum Gasteiger partial charge on any atom is 0.329 e. The standard InChI is InChI=1S/C39H47N3O7/c1-38(2,21-33(45)40-29(18-23-10-12-25(43)13-11-23)37(46)48-22-24-8-6-5-7-9-24)41-28-15-14-27-30-19-26-32(47-4)20-31(44)35-34(26)39(27,36(28)49-35)16-17-42(30)3/h5-13,20,27-30,36,41,43-44H,14-19,21-22H2,1-4H3,(H,40,45)/t27-,28+,29-,30+,36-,39-/m0/s1. The van der Waals surface area contributed by atoms with Crippen molar-refractivity contribution in [3.8, 4) is 23.0 Å². The van der Waals surface area contributed by atoms with Crippen LogP contribution in [0.25, 0.3) is 0 Å². The van der Waals surface area contributed by atoms with Crippen LogP contribution in [0, 0.1) is 5.92 Å². The van der Waals surface area contributed by atoms with Crippen LogP contribution in [0.15, 0.2) is 60.7 Å². The fourth-order valence-electron chi connectivity index (χ4n) is 9.21. The maximum absolute atomic E-state index is 13.7. The summed E-state index contributed by atoms with van der Waals surface area (Å²) in [5.41, 5.74) is 3.01. The molecule has 2 bridgehead atoms. The zero-order valence-electron chi connectivity index (χ0n) is 28.7. The molecule has 1 saturated carbocycles. The van der Waals surface area contributed by atoms with E-state index < -0.39 is 17.6 Å². The highest BCUT2D eigenvalue weighted by Gasteiger charge is 2.66. The molecule has 4 N–H and O–H groups in total. The number of phenols is 2. The zero-order chi connectivity index (χ0) is 34.5. The van der Waals surface area contributed by atoms with Crippen LogP contribution in [0.5, 0.6) is 23.0 Å². The van der Waals surface area contributed by atoms with Gasteiger partial charge >= 0.3 is 5.97 Å². The molecule has 10 nitrogen and oxygen atoms in total. The van der Waals surface area contributed by atoms with Gasteiger partial charge in [0.2, 0.25) is 5.91 Å². The van der Waals surface area contributed by atoms with E-state index in [2.05, 4.69) is 22.6 Å². The van der Waals surface area contributed by atoms with Crippen LogP contribution in [0.4, 0.5) is 0 Å². The summed E-state index contributed by atoms with van der Waals surface area (Å²) >= 11 is 0. The lowest BCUT2D eigenvalue weighted by Gasteiger charge is -2.59. The summed E-state index contributed by atoms with van der Waals surface area (Å²) in [4.78, 5) is 29.5. The van der Waals surface area contributed by atoms with E-state index in [9.17, 15) is 19.8 Å². The Kier molecular flexibility index (Phi) is 8.73. The molecule has 7 rings (SSSR count). The molecule has 2 aliphatic carbocycles. The third-order valence-corrected chi connectivity index (χ3v) is 11.3. The first-order chi connectivity index (χ1) is 23.5. The number of likely N-dealkylation sites (tertiary alicyclic amines) is 1. The van der Waals surface area contributed by atoms with E-state index >= 15 is 0 Å². The fraction of sp³-hybridized carbons (Fsp3) is 0.487. The molecule has 0 radical (unpaired) electrons. The minimum atomic E-state index is -0.909. The smallest absolute Gasteiger partial charge is 0.329 e. The monoisotopic (exact) mass is 669 g/mol. The number of piperidine rings is 1. The lowest BCUT2D eigenvalue weighted by Crippen LogP contribution is -2.69. The molecule has 49 heavy (non-hydrogen) atoms. The fourth-order valence-corrected chi connectivity index (χ4v) is 9.21. The molecule has 2 fully saturated rings. The number of hydrogen-bond acceptors (Lipinski definition) is 9. The third-order valence-electron chi connectivity index (χ3n) is 11.3. The number of amides is 1. The molecule has 4 aliphatic rings. The molecule has 260 valence electrons. The number of methoxy groups -OCH3 is 1. The number of benzene rings is 3. The van der Waals surface area contributed by atoms with Crippen molar-refractivity contribution in [3.63, 3.8) is 0 Å². The van der Waals surface area contributed by atoms with Crippen molar-refractivity contribution in [3.05, 3.63) is 82.9 Å². The van der Waals surface area contributed by atoms with Crippen molar-refractivity contribution in [2.24, 2.45) is 5.92 Å². The number of likely N-dealkylation sites (N-methyl/N-ethyl adjacent to an activating group) is 1. The zero-order valence-corrected chi connectivity index (χ0v) is 28.7. The number of nitrogens with zero attached hydrogens (tertiary/aromatic N) is 1. The van der Waals surface area contributed by atoms with Crippen LogP contribution < -0.4 is 20.1 Å². The van der Waals surface area contributed by atoms with Crippen LogP contribution in [0.3, 0.4) is 0 Å². The SMILES string of the molecule is COc1cc(O)c2c3c1C[C@@H]1[C@@H]4CC[C@@H](NC(C)(C)CC(=O)N[C@@H](Cc5ccc(O)cc5)C(=O)OCc5ccccc5)[C@H](O2)[C@]34CCN1C. The van der Waals surface area contributed by atoms with Gasteiger partial charge in [-0.05, 0) is 82.3 Å².